The highest BCUT2D eigenvalue weighted by Gasteiger charge is 2.19. The summed E-state index contributed by atoms with van der Waals surface area (Å²) in [4.78, 5) is 17.5. The van der Waals surface area contributed by atoms with Crippen molar-refractivity contribution in [3.63, 3.8) is 0 Å². The SMILES string of the molecule is Cn1c(C(=O)Nc2cccc(OCc3cn4ccccc4n3)c2)c(Cl)c2ccccc21. The fraction of sp³-hybridized carbons (Fsp3) is 0.0833. The van der Waals surface area contributed by atoms with E-state index in [2.05, 4.69) is 10.3 Å². The minimum absolute atomic E-state index is 0.277. The minimum atomic E-state index is -0.277. The normalized spacial score (nSPS) is 11.2. The summed E-state index contributed by atoms with van der Waals surface area (Å²) >= 11 is 6.49. The van der Waals surface area contributed by atoms with Crippen LogP contribution in [0.1, 0.15) is 16.2 Å². The van der Waals surface area contributed by atoms with Crippen molar-refractivity contribution in [2.24, 2.45) is 7.05 Å². The monoisotopic (exact) mass is 430 g/mol. The lowest BCUT2D eigenvalue weighted by molar-refractivity contribution is 0.102. The third kappa shape index (κ3) is 3.62. The maximum Gasteiger partial charge on any atom is 0.273 e. The molecule has 3 aromatic heterocycles. The molecule has 1 amide bonds. The van der Waals surface area contributed by atoms with E-state index in [1.54, 1.807) is 10.6 Å². The van der Waals surface area contributed by atoms with Crippen LogP contribution in [0.15, 0.2) is 79.1 Å². The average molecular weight is 431 g/mol. The molecule has 0 spiro atoms. The van der Waals surface area contributed by atoms with E-state index in [-0.39, 0.29) is 5.91 Å². The van der Waals surface area contributed by atoms with Crippen LogP contribution in [-0.2, 0) is 13.7 Å². The van der Waals surface area contributed by atoms with Crippen LogP contribution in [0.2, 0.25) is 5.02 Å². The zero-order valence-electron chi connectivity index (χ0n) is 16.7. The molecular formula is C24H19ClN4O2. The highest BCUT2D eigenvalue weighted by atomic mass is 35.5. The Kier molecular flexibility index (Phi) is 4.84. The van der Waals surface area contributed by atoms with Crippen LogP contribution < -0.4 is 10.1 Å². The van der Waals surface area contributed by atoms with E-state index < -0.39 is 0 Å². The fourth-order valence-electron chi connectivity index (χ4n) is 3.67. The van der Waals surface area contributed by atoms with Crippen LogP contribution in [-0.4, -0.2) is 19.9 Å². The van der Waals surface area contributed by atoms with Gasteiger partial charge in [-0.2, -0.15) is 0 Å². The number of halogens is 1. The zero-order valence-corrected chi connectivity index (χ0v) is 17.5. The molecule has 0 unspecified atom stereocenters. The summed E-state index contributed by atoms with van der Waals surface area (Å²) in [6.45, 7) is 0.327. The Hall–Kier alpha value is -3.77. The van der Waals surface area contributed by atoms with Gasteiger partial charge >= 0.3 is 0 Å². The maximum absolute atomic E-state index is 12.9. The summed E-state index contributed by atoms with van der Waals surface area (Å²) in [5.41, 5.74) is 3.64. The number of hydrogen-bond donors (Lipinski definition) is 1. The molecule has 0 bridgehead atoms. The first-order valence-corrected chi connectivity index (χ1v) is 10.2. The lowest BCUT2D eigenvalue weighted by Crippen LogP contribution is -2.16. The summed E-state index contributed by atoms with van der Waals surface area (Å²) in [6.07, 6.45) is 3.88. The third-order valence-electron chi connectivity index (χ3n) is 5.15. The number of anilines is 1. The number of rotatable bonds is 5. The van der Waals surface area contributed by atoms with Crippen LogP contribution in [0.5, 0.6) is 5.75 Å². The summed E-state index contributed by atoms with van der Waals surface area (Å²) < 4.78 is 9.64. The second-order valence-corrected chi connectivity index (χ2v) is 7.59. The summed E-state index contributed by atoms with van der Waals surface area (Å²) in [5, 5.41) is 4.21. The number of fused-ring (bicyclic) bond motifs is 2. The first-order valence-electron chi connectivity index (χ1n) is 9.80. The van der Waals surface area contributed by atoms with Gasteiger partial charge in [0.1, 0.15) is 23.7 Å². The van der Waals surface area contributed by atoms with Gasteiger partial charge in [0, 0.05) is 42.1 Å². The summed E-state index contributed by atoms with van der Waals surface area (Å²) in [5.74, 6) is 0.360. The number of carbonyl (C=O) groups excluding carboxylic acids is 1. The van der Waals surface area contributed by atoms with E-state index in [1.165, 1.54) is 0 Å². The Morgan fingerprint density at radius 3 is 2.77 bits per heavy atom. The number of aromatic nitrogens is 3. The molecule has 5 rings (SSSR count). The number of nitrogens with zero attached hydrogens (tertiary/aromatic N) is 3. The predicted molar refractivity (Wildman–Crippen MR) is 122 cm³/mol. The molecule has 0 radical (unpaired) electrons. The lowest BCUT2D eigenvalue weighted by atomic mass is 10.2. The van der Waals surface area contributed by atoms with Gasteiger partial charge in [0.05, 0.1) is 10.7 Å². The standard InChI is InChI=1S/C24H19ClN4O2/c1-28-20-10-3-2-9-19(20)22(25)23(28)24(30)27-16-7-6-8-18(13-16)31-15-17-14-29-12-5-4-11-21(29)26-17/h2-14H,15H2,1H3,(H,27,30). The molecule has 3 heterocycles. The van der Waals surface area contributed by atoms with Crippen LogP contribution >= 0.6 is 11.6 Å². The molecule has 6 nitrogen and oxygen atoms in total. The van der Waals surface area contributed by atoms with Crippen molar-refractivity contribution >= 4 is 39.7 Å². The molecule has 0 saturated heterocycles. The molecule has 31 heavy (non-hydrogen) atoms. The summed E-state index contributed by atoms with van der Waals surface area (Å²) in [6, 6.07) is 20.8. The van der Waals surface area contributed by atoms with Crippen molar-refractivity contribution in [3.8, 4) is 5.75 Å². The first-order chi connectivity index (χ1) is 15.1. The van der Waals surface area contributed by atoms with E-state index in [9.17, 15) is 4.79 Å². The number of pyridine rings is 1. The quantitative estimate of drug-likeness (QED) is 0.411. The maximum atomic E-state index is 12.9. The van der Waals surface area contributed by atoms with Crippen molar-refractivity contribution < 1.29 is 9.53 Å². The number of nitrogens with one attached hydrogen (secondary N) is 1. The van der Waals surface area contributed by atoms with Crippen molar-refractivity contribution in [1.82, 2.24) is 14.0 Å². The topological polar surface area (TPSA) is 60.6 Å². The Morgan fingerprint density at radius 1 is 1.10 bits per heavy atom. The molecule has 0 aliphatic heterocycles. The van der Waals surface area contributed by atoms with Crippen molar-refractivity contribution in [1.29, 1.82) is 0 Å². The second-order valence-electron chi connectivity index (χ2n) is 7.21. The van der Waals surface area contributed by atoms with E-state index >= 15 is 0 Å². The van der Waals surface area contributed by atoms with E-state index in [0.29, 0.717) is 28.8 Å². The van der Waals surface area contributed by atoms with Gasteiger partial charge < -0.3 is 19.0 Å². The molecule has 0 aliphatic rings. The van der Waals surface area contributed by atoms with Crippen LogP contribution in [0.3, 0.4) is 0 Å². The van der Waals surface area contributed by atoms with Gasteiger partial charge in [-0.05, 0) is 30.3 Å². The van der Waals surface area contributed by atoms with Gasteiger partial charge in [0.2, 0.25) is 0 Å². The highest BCUT2D eigenvalue weighted by Crippen LogP contribution is 2.30. The predicted octanol–water partition coefficient (Wildman–Crippen LogP) is 5.31. The second kappa shape index (κ2) is 7.81. The minimum Gasteiger partial charge on any atom is -0.487 e. The third-order valence-corrected chi connectivity index (χ3v) is 5.54. The number of imidazole rings is 1. The van der Waals surface area contributed by atoms with Gasteiger partial charge in [-0.15, -0.1) is 0 Å². The number of aryl methyl sites for hydroxylation is 1. The number of ether oxygens (including phenoxy) is 1. The van der Waals surface area contributed by atoms with Gasteiger partial charge in [-0.1, -0.05) is 41.9 Å². The van der Waals surface area contributed by atoms with Gasteiger partial charge in [0.25, 0.3) is 5.91 Å². The smallest absolute Gasteiger partial charge is 0.273 e. The highest BCUT2D eigenvalue weighted by molar-refractivity contribution is 6.39. The van der Waals surface area contributed by atoms with Gasteiger partial charge in [-0.25, -0.2) is 4.98 Å². The number of benzene rings is 2. The van der Waals surface area contributed by atoms with Gasteiger partial charge in [-0.3, -0.25) is 4.79 Å². The number of para-hydroxylation sites is 1. The fourth-order valence-corrected chi connectivity index (χ4v) is 4.04. The molecule has 154 valence electrons. The molecule has 7 heteroatoms. The molecule has 2 aromatic carbocycles. The molecule has 0 atom stereocenters. The molecule has 0 saturated carbocycles. The molecule has 0 fully saturated rings. The number of hydrogen-bond acceptors (Lipinski definition) is 3. The van der Waals surface area contributed by atoms with Gasteiger partial charge in [0.15, 0.2) is 0 Å². The van der Waals surface area contributed by atoms with Crippen molar-refractivity contribution in [2.75, 3.05) is 5.32 Å². The van der Waals surface area contributed by atoms with Crippen molar-refractivity contribution in [3.05, 3.63) is 95.5 Å². The van der Waals surface area contributed by atoms with E-state index in [1.807, 2.05) is 84.5 Å². The molecule has 0 aliphatic carbocycles. The average Bonchev–Trinajstić information content (AvgIpc) is 3.31. The number of amides is 1. The Bertz CT molecular complexity index is 1350. The molecule has 5 aromatic rings. The van der Waals surface area contributed by atoms with Crippen LogP contribution in [0.25, 0.3) is 16.6 Å². The first kappa shape index (κ1) is 19.2. The zero-order chi connectivity index (χ0) is 21.4. The van der Waals surface area contributed by atoms with E-state index in [4.69, 9.17) is 16.3 Å². The Balaban J connectivity index is 1.33. The Morgan fingerprint density at radius 2 is 1.94 bits per heavy atom. The van der Waals surface area contributed by atoms with E-state index in [0.717, 1.165) is 22.2 Å². The van der Waals surface area contributed by atoms with Crippen LogP contribution in [0.4, 0.5) is 5.69 Å². The summed E-state index contributed by atoms with van der Waals surface area (Å²) in [7, 11) is 1.83. The largest absolute Gasteiger partial charge is 0.487 e. The molecule has 1 N–H and O–H groups in total. The lowest BCUT2D eigenvalue weighted by Gasteiger charge is -2.09. The Labute approximate surface area is 183 Å². The molecular weight excluding hydrogens is 412 g/mol. The van der Waals surface area contributed by atoms with Crippen LogP contribution in [0, 0.1) is 0 Å². The number of carbonyl (C=O) groups is 1. The van der Waals surface area contributed by atoms with Crippen molar-refractivity contribution in [2.45, 2.75) is 6.61 Å².